The van der Waals surface area contributed by atoms with Crippen LogP contribution in [0, 0.1) is 0 Å². The molecule has 1 aliphatic heterocycles. The first-order valence-electron chi connectivity index (χ1n) is 4.73. The van der Waals surface area contributed by atoms with Gasteiger partial charge in [-0.15, -0.1) is 0 Å². The minimum atomic E-state index is -4.86. The molecule has 0 aliphatic carbocycles. The number of esters is 1. The number of hydrogen-bond acceptors (Lipinski definition) is 3. The minimum Gasteiger partial charge on any atom is -0.459 e. The van der Waals surface area contributed by atoms with Crippen molar-refractivity contribution in [1.82, 2.24) is 0 Å². The van der Waals surface area contributed by atoms with Gasteiger partial charge in [0.1, 0.15) is 16.7 Å². The van der Waals surface area contributed by atoms with Crippen molar-refractivity contribution < 1.29 is 27.4 Å². The summed E-state index contributed by atoms with van der Waals surface area (Å²) in [7, 11) is 0. The lowest BCUT2D eigenvalue weighted by molar-refractivity contribution is -0.142. The van der Waals surface area contributed by atoms with Crippen molar-refractivity contribution in [2.45, 2.75) is 25.1 Å². The van der Waals surface area contributed by atoms with E-state index in [4.69, 9.17) is 27.9 Å². The molecule has 8 heteroatoms. The molecule has 0 saturated carbocycles. The molecule has 0 aromatic heterocycles. The minimum absolute atomic E-state index is 0.128. The van der Waals surface area contributed by atoms with Crippen LogP contribution in [0.2, 0.25) is 0 Å². The van der Waals surface area contributed by atoms with E-state index in [1.54, 1.807) is 0 Å². The summed E-state index contributed by atoms with van der Waals surface area (Å²) >= 11 is 10.1. The van der Waals surface area contributed by atoms with Crippen LogP contribution in [0.4, 0.5) is 13.2 Å². The van der Waals surface area contributed by atoms with Crippen molar-refractivity contribution in [2.24, 2.45) is 0 Å². The second kappa shape index (κ2) is 5.93. The highest BCUT2D eigenvalue weighted by atomic mass is 35.5. The fraction of sp³-hybridized carbons (Fsp3) is 0.667. The van der Waals surface area contributed by atoms with E-state index in [2.05, 4.69) is 4.74 Å². The Morgan fingerprint density at radius 2 is 2.06 bits per heavy atom. The van der Waals surface area contributed by atoms with Gasteiger partial charge in [-0.3, -0.25) is 0 Å². The Morgan fingerprint density at radius 1 is 1.41 bits per heavy atom. The van der Waals surface area contributed by atoms with Gasteiger partial charge in [0.05, 0.1) is 6.10 Å². The summed E-state index contributed by atoms with van der Waals surface area (Å²) in [6, 6.07) is 0. The molecule has 98 valence electrons. The molecular weight excluding hydrogens is 284 g/mol. The van der Waals surface area contributed by atoms with Crippen molar-refractivity contribution in [3.8, 4) is 0 Å². The molecule has 1 heterocycles. The zero-order valence-electron chi connectivity index (χ0n) is 8.52. The van der Waals surface area contributed by atoms with Gasteiger partial charge in [0, 0.05) is 6.61 Å². The SMILES string of the molecule is O=C(OCC1CCCO1)C(Cl)=C(Cl)C(F)(F)F. The van der Waals surface area contributed by atoms with E-state index in [0.717, 1.165) is 6.42 Å². The summed E-state index contributed by atoms with van der Waals surface area (Å²) in [5.41, 5.74) is 0. The smallest absolute Gasteiger partial charge is 0.428 e. The summed E-state index contributed by atoms with van der Waals surface area (Å²) in [5.74, 6) is -1.30. The van der Waals surface area contributed by atoms with Gasteiger partial charge in [-0.1, -0.05) is 23.2 Å². The van der Waals surface area contributed by atoms with Crippen molar-refractivity contribution in [1.29, 1.82) is 0 Å². The van der Waals surface area contributed by atoms with Gasteiger partial charge in [0.2, 0.25) is 0 Å². The Labute approximate surface area is 105 Å². The van der Waals surface area contributed by atoms with Crippen LogP contribution >= 0.6 is 23.2 Å². The Balaban J connectivity index is 2.51. The van der Waals surface area contributed by atoms with Crippen LogP contribution in [0.3, 0.4) is 0 Å². The molecular formula is C9H9Cl2F3O3. The molecule has 1 saturated heterocycles. The molecule has 0 bridgehead atoms. The van der Waals surface area contributed by atoms with Gasteiger partial charge in [-0.2, -0.15) is 13.2 Å². The zero-order chi connectivity index (χ0) is 13.1. The van der Waals surface area contributed by atoms with Crippen LogP contribution in [-0.4, -0.2) is 31.5 Å². The summed E-state index contributed by atoms with van der Waals surface area (Å²) in [6.45, 7) is 0.423. The fourth-order valence-electron chi connectivity index (χ4n) is 1.22. The average Bonchev–Trinajstić information content (AvgIpc) is 2.75. The number of halogens is 5. The Kier molecular flexibility index (Phi) is 5.09. The van der Waals surface area contributed by atoms with E-state index in [1.807, 2.05) is 0 Å². The summed E-state index contributed by atoms with van der Waals surface area (Å²) in [4.78, 5) is 11.1. The monoisotopic (exact) mass is 292 g/mol. The topological polar surface area (TPSA) is 35.5 Å². The summed E-state index contributed by atoms with van der Waals surface area (Å²) < 4.78 is 46.0. The molecule has 0 radical (unpaired) electrons. The first-order chi connectivity index (χ1) is 7.82. The summed E-state index contributed by atoms with van der Waals surface area (Å²) in [5, 5.41) is -2.85. The van der Waals surface area contributed by atoms with Crippen LogP contribution in [-0.2, 0) is 14.3 Å². The van der Waals surface area contributed by atoms with Gasteiger partial charge in [-0.25, -0.2) is 4.79 Å². The molecule has 3 nitrogen and oxygen atoms in total. The number of allylic oxidation sites excluding steroid dienone is 1. The normalized spacial score (nSPS) is 22.3. The second-order valence-corrected chi connectivity index (χ2v) is 4.12. The third kappa shape index (κ3) is 4.37. The second-order valence-electron chi connectivity index (χ2n) is 3.36. The molecule has 0 spiro atoms. The Bertz CT molecular complexity index is 322. The standard InChI is InChI=1S/C9H9Cl2F3O3/c10-6(7(11)9(12,13)14)8(15)17-4-5-2-1-3-16-5/h5H,1-4H2. The Morgan fingerprint density at radius 3 is 2.53 bits per heavy atom. The van der Waals surface area contributed by atoms with Gasteiger partial charge in [0.25, 0.3) is 0 Å². The van der Waals surface area contributed by atoms with E-state index in [1.165, 1.54) is 0 Å². The fourth-order valence-corrected chi connectivity index (χ4v) is 1.46. The van der Waals surface area contributed by atoms with Crippen LogP contribution in [0.15, 0.2) is 10.1 Å². The zero-order valence-corrected chi connectivity index (χ0v) is 10.0. The first kappa shape index (κ1) is 14.6. The predicted octanol–water partition coefficient (Wildman–Crippen LogP) is 2.96. The molecule has 1 fully saturated rings. The predicted molar refractivity (Wildman–Crippen MR) is 54.7 cm³/mol. The van der Waals surface area contributed by atoms with Crippen LogP contribution in [0.5, 0.6) is 0 Å². The van der Waals surface area contributed by atoms with Gasteiger partial charge < -0.3 is 9.47 Å². The first-order valence-corrected chi connectivity index (χ1v) is 5.49. The molecule has 0 aromatic rings. The van der Waals surface area contributed by atoms with E-state index < -0.39 is 22.2 Å². The summed E-state index contributed by atoms with van der Waals surface area (Å²) in [6.07, 6.45) is -3.62. The largest absolute Gasteiger partial charge is 0.459 e. The third-order valence-electron chi connectivity index (χ3n) is 2.05. The molecule has 1 rings (SSSR count). The number of ether oxygens (including phenoxy) is 2. The quantitative estimate of drug-likeness (QED) is 0.593. The molecule has 0 N–H and O–H groups in total. The van der Waals surface area contributed by atoms with E-state index in [9.17, 15) is 18.0 Å². The average molecular weight is 293 g/mol. The number of carbonyl (C=O) groups excluding carboxylic acids is 1. The molecule has 17 heavy (non-hydrogen) atoms. The maximum Gasteiger partial charge on any atom is 0.428 e. The van der Waals surface area contributed by atoms with Gasteiger partial charge >= 0.3 is 12.1 Å². The highest BCUT2D eigenvalue weighted by Gasteiger charge is 2.37. The maximum absolute atomic E-state index is 12.1. The van der Waals surface area contributed by atoms with E-state index in [-0.39, 0.29) is 12.7 Å². The van der Waals surface area contributed by atoms with Crippen molar-refractivity contribution in [3.05, 3.63) is 10.1 Å². The molecule has 1 aliphatic rings. The Hall–Kier alpha value is -0.460. The van der Waals surface area contributed by atoms with E-state index >= 15 is 0 Å². The van der Waals surface area contributed by atoms with Crippen LogP contribution < -0.4 is 0 Å². The highest BCUT2D eigenvalue weighted by molar-refractivity contribution is 6.47. The number of hydrogen-bond donors (Lipinski definition) is 0. The molecule has 1 unspecified atom stereocenters. The number of carbonyl (C=O) groups is 1. The van der Waals surface area contributed by atoms with Crippen molar-refractivity contribution in [2.75, 3.05) is 13.2 Å². The number of rotatable bonds is 3. The van der Waals surface area contributed by atoms with Crippen LogP contribution in [0.1, 0.15) is 12.8 Å². The van der Waals surface area contributed by atoms with Crippen molar-refractivity contribution >= 4 is 29.2 Å². The lowest BCUT2D eigenvalue weighted by Crippen LogP contribution is -2.19. The third-order valence-corrected chi connectivity index (χ3v) is 2.89. The van der Waals surface area contributed by atoms with Gasteiger partial charge in [-0.05, 0) is 12.8 Å². The van der Waals surface area contributed by atoms with Gasteiger partial charge in [0.15, 0.2) is 0 Å². The molecule has 0 amide bonds. The molecule has 0 aromatic carbocycles. The van der Waals surface area contributed by atoms with E-state index in [0.29, 0.717) is 13.0 Å². The lowest BCUT2D eigenvalue weighted by atomic mass is 10.2. The van der Waals surface area contributed by atoms with Crippen LogP contribution in [0.25, 0.3) is 0 Å². The highest BCUT2D eigenvalue weighted by Crippen LogP contribution is 2.33. The van der Waals surface area contributed by atoms with Crippen molar-refractivity contribution in [3.63, 3.8) is 0 Å². The molecule has 1 atom stereocenters. The lowest BCUT2D eigenvalue weighted by Gasteiger charge is -2.11. The number of alkyl halides is 3. The maximum atomic E-state index is 12.1.